The number of aryl methyl sites for hydroxylation is 1. The van der Waals surface area contributed by atoms with Crippen LogP contribution in [0.5, 0.6) is 5.75 Å². The van der Waals surface area contributed by atoms with Crippen LogP contribution in [0.3, 0.4) is 0 Å². The number of halogens is 2. The lowest BCUT2D eigenvalue weighted by Gasteiger charge is -2.19. The lowest BCUT2D eigenvalue weighted by molar-refractivity contribution is 0.405. The Kier molecular flexibility index (Phi) is 4.74. The van der Waals surface area contributed by atoms with Crippen LogP contribution in [0.25, 0.3) is 0 Å². The highest BCUT2D eigenvalue weighted by molar-refractivity contribution is 7.10. The van der Waals surface area contributed by atoms with E-state index in [1.807, 2.05) is 32.2 Å². The maximum absolute atomic E-state index is 6.36. The molecule has 0 amide bonds. The van der Waals surface area contributed by atoms with Gasteiger partial charge in [-0.1, -0.05) is 23.2 Å². The van der Waals surface area contributed by atoms with Crippen LogP contribution in [0.15, 0.2) is 23.6 Å². The fourth-order valence-corrected chi connectivity index (χ4v) is 3.61. The van der Waals surface area contributed by atoms with Crippen molar-refractivity contribution in [3.8, 4) is 5.75 Å². The SMILES string of the molecule is CNC(c1cc(Cl)ccc1OC)c1scc(C)c1Cl. The maximum Gasteiger partial charge on any atom is 0.124 e. The molecule has 102 valence electrons. The lowest BCUT2D eigenvalue weighted by atomic mass is 10.0. The molecule has 0 aliphatic heterocycles. The highest BCUT2D eigenvalue weighted by Crippen LogP contribution is 2.39. The van der Waals surface area contributed by atoms with E-state index in [4.69, 9.17) is 27.9 Å². The van der Waals surface area contributed by atoms with E-state index in [-0.39, 0.29) is 6.04 Å². The van der Waals surface area contributed by atoms with E-state index < -0.39 is 0 Å². The van der Waals surface area contributed by atoms with Gasteiger partial charge >= 0.3 is 0 Å². The molecule has 1 atom stereocenters. The Labute approximate surface area is 127 Å². The first-order valence-electron chi connectivity index (χ1n) is 5.82. The van der Waals surface area contributed by atoms with Crippen LogP contribution in [0.1, 0.15) is 22.0 Å². The first-order chi connectivity index (χ1) is 9.08. The Balaban J connectivity index is 2.53. The van der Waals surface area contributed by atoms with Gasteiger partial charge in [0.05, 0.1) is 18.2 Å². The summed E-state index contributed by atoms with van der Waals surface area (Å²) in [6.07, 6.45) is 0. The van der Waals surface area contributed by atoms with E-state index in [1.165, 1.54) is 0 Å². The van der Waals surface area contributed by atoms with Crippen LogP contribution in [-0.2, 0) is 0 Å². The van der Waals surface area contributed by atoms with E-state index in [1.54, 1.807) is 18.4 Å². The first kappa shape index (κ1) is 14.7. The summed E-state index contributed by atoms with van der Waals surface area (Å²) in [7, 11) is 3.55. The molecule has 2 rings (SSSR count). The topological polar surface area (TPSA) is 21.3 Å². The summed E-state index contributed by atoms with van der Waals surface area (Å²) in [4.78, 5) is 1.07. The number of benzene rings is 1. The number of ether oxygens (including phenoxy) is 1. The summed E-state index contributed by atoms with van der Waals surface area (Å²) < 4.78 is 5.41. The largest absolute Gasteiger partial charge is 0.496 e. The van der Waals surface area contributed by atoms with Gasteiger partial charge in [-0.15, -0.1) is 11.3 Å². The van der Waals surface area contributed by atoms with E-state index in [0.717, 1.165) is 26.8 Å². The van der Waals surface area contributed by atoms with Gasteiger partial charge in [0.25, 0.3) is 0 Å². The minimum atomic E-state index is -0.0279. The number of hydrogen-bond donors (Lipinski definition) is 1. The second-order valence-corrected chi connectivity index (χ2v) is 5.93. The van der Waals surface area contributed by atoms with E-state index >= 15 is 0 Å². The van der Waals surface area contributed by atoms with Crippen LogP contribution >= 0.6 is 34.5 Å². The van der Waals surface area contributed by atoms with Gasteiger partial charge in [-0.3, -0.25) is 0 Å². The zero-order valence-electron chi connectivity index (χ0n) is 11.0. The predicted octanol–water partition coefficient (Wildman–Crippen LogP) is 4.68. The van der Waals surface area contributed by atoms with Crippen molar-refractivity contribution in [3.63, 3.8) is 0 Å². The molecule has 0 saturated heterocycles. The molecule has 1 heterocycles. The smallest absolute Gasteiger partial charge is 0.124 e. The van der Waals surface area contributed by atoms with Crippen molar-refractivity contribution < 1.29 is 4.74 Å². The molecule has 0 spiro atoms. The highest BCUT2D eigenvalue weighted by atomic mass is 35.5. The van der Waals surface area contributed by atoms with Crippen molar-refractivity contribution in [2.24, 2.45) is 0 Å². The van der Waals surface area contributed by atoms with Gasteiger partial charge in [-0.2, -0.15) is 0 Å². The molecule has 5 heteroatoms. The van der Waals surface area contributed by atoms with Gasteiger partial charge in [0.2, 0.25) is 0 Å². The fraction of sp³-hybridized carbons (Fsp3) is 0.286. The van der Waals surface area contributed by atoms with Crippen molar-refractivity contribution >= 4 is 34.5 Å². The summed E-state index contributed by atoms with van der Waals surface area (Å²) in [5.74, 6) is 0.797. The van der Waals surface area contributed by atoms with Gasteiger partial charge in [-0.25, -0.2) is 0 Å². The molecule has 2 nitrogen and oxygen atoms in total. The minimum absolute atomic E-state index is 0.0279. The third kappa shape index (κ3) is 2.90. The van der Waals surface area contributed by atoms with Gasteiger partial charge < -0.3 is 10.1 Å². The van der Waals surface area contributed by atoms with Crippen molar-refractivity contribution in [3.05, 3.63) is 49.6 Å². The van der Waals surface area contributed by atoms with Crippen LogP contribution in [-0.4, -0.2) is 14.2 Å². The summed E-state index contributed by atoms with van der Waals surface area (Å²) in [5, 5.41) is 6.81. The van der Waals surface area contributed by atoms with Crippen molar-refractivity contribution in [1.82, 2.24) is 5.32 Å². The van der Waals surface area contributed by atoms with Gasteiger partial charge in [0.15, 0.2) is 0 Å². The van der Waals surface area contributed by atoms with Gasteiger partial charge in [-0.05, 0) is 43.1 Å². The molecule has 1 aromatic heterocycles. The summed E-state index contributed by atoms with van der Waals surface area (Å²) in [5.41, 5.74) is 2.07. The molecule has 2 aromatic rings. The van der Waals surface area contributed by atoms with Crippen LogP contribution in [0, 0.1) is 6.92 Å². The summed E-state index contributed by atoms with van der Waals surface area (Å²) in [6.45, 7) is 2.00. The Morgan fingerprint density at radius 3 is 2.58 bits per heavy atom. The molecule has 0 saturated carbocycles. The highest BCUT2D eigenvalue weighted by Gasteiger charge is 2.21. The summed E-state index contributed by atoms with van der Waals surface area (Å²) in [6, 6.07) is 5.57. The van der Waals surface area contributed by atoms with E-state index in [9.17, 15) is 0 Å². The maximum atomic E-state index is 6.36. The lowest BCUT2D eigenvalue weighted by Crippen LogP contribution is -2.17. The van der Waals surface area contributed by atoms with Crippen LogP contribution in [0.2, 0.25) is 10.0 Å². The second-order valence-electron chi connectivity index (χ2n) is 4.20. The number of nitrogens with one attached hydrogen (secondary N) is 1. The second kappa shape index (κ2) is 6.14. The van der Waals surface area contributed by atoms with E-state index in [2.05, 4.69) is 10.7 Å². The zero-order chi connectivity index (χ0) is 14.0. The molecule has 0 bridgehead atoms. The average molecular weight is 316 g/mol. The van der Waals surface area contributed by atoms with Crippen molar-refractivity contribution in [1.29, 1.82) is 0 Å². The van der Waals surface area contributed by atoms with Crippen LogP contribution < -0.4 is 10.1 Å². The molecule has 0 aliphatic rings. The quantitative estimate of drug-likeness (QED) is 0.884. The standard InChI is InChI=1S/C14H15Cl2NOS/c1-8-7-19-14(12(8)16)13(17-2)10-6-9(15)4-5-11(10)18-3/h4-7,13,17H,1-3H3. The normalized spacial score (nSPS) is 12.5. The molecule has 1 N–H and O–H groups in total. The molecule has 1 unspecified atom stereocenters. The molecular weight excluding hydrogens is 301 g/mol. The Hall–Kier alpha value is -0.740. The third-order valence-corrected chi connectivity index (χ3v) is 4.99. The minimum Gasteiger partial charge on any atom is -0.496 e. The molecule has 0 aliphatic carbocycles. The number of methoxy groups -OCH3 is 1. The Morgan fingerprint density at radius 1 is 1.32 bits per heavy atom. The fourth-order valence-electron chi connectivity index (χ4n) is 2.00. The van der Waals surface area contributed by atoms with Gasteiger partial charge in [0, 0.05) is 15.5 Å². The molecule has 1 aromatic carbocycles. The number of hydrogen-bond acceptors (Lipinski definition) is 3. The number of rotatable bonds is 4. The Bertz CT molecular complexity index is 583. The Morgan fingerprint density at radius 2 is 2.05 bits per heavy atom. The molecule has 0 fully saturated rings. The first-order valence-corrected chi connectivity index (χ1v) is 7.46. The number of thiophene rings is 1. The molecule has 19 heavy (non-hydrogen) atoms. The average Bonchev–Trinajstić information content (AvgIpc) is 2.72. The molecule has 0 radical (unpaired) electrons. The van der Waals surface area contributed by atoms with Crippen molar-refractivity contribution in [2.75, 3.05) is 14.2 Å². The van der Waals surface area contributed by atoms with Gasteiger partial charge in [0.1, 0.15) is 5.75 Å². The van der Waals surface area contributed by atoms with E-state index in [0.29, 0.717) is 5.02 Å². The molecular formula is C14H15Cl2NOS. The summed E-state index contributed by atoms with van der Waals surface area (Å²) >= 11 is 14.1. The predicted molar refractivity (Wildman–Crippen MR) is 83.0 cm³/mol. The monoisotopic (exact) mass is 315 g/mol. The van der Waals surface area contributed by atoms with Crippen molar-refractivity contribution in [2.45, 2.75) is 13.0 Å². The van der Waals surface area contributed by atoms with Crippen LogP contribution in [0.4, 0.5) is 0 Å². The zero-order valence-corrected chi connectivity index (χ0v) is 13.3. The third-order valence-electron chi connectivity index (χ3n) is 2.98.